The molecule has 0 aliphatic heterocycles. The van der Waals surface area contributed by atoms with Gasteiger partial charge in [0.1, 0.15) is 0 Å². The normalized spacial score (nSPS) is 13.6. The Morgan fingerprint density at radius 2 is 1.80 bits per heavy atom. The lowest BCUT2D eigenvalue weighted by molar-refractivity contribution is -0.118. The third-order valence-electron chi connectivity index (χ3n) is 4.25. The van der Waals surface area contributed by atoms with Gasteiger partial charge in [-0.1, -0.05) is 19.9 Å². The van der Waals surface area contributed by atoms with Gasteiger partial charge in [0, 0.05) is 23.0 Å². The smallest absolute Gasteiger partial charge is 0.335 e. The largest absolute Gasteiger partial charge is 0.478 e. The van der Waals surface area contributed by atoms with Gasteiger partial charge < -0.3 is 15.7 Å². The third-order valence-corrected chi connectivity index (χ3v) is 4.25. The second-order valence-corrected chi connectivity index (χ2v) is 6.73. The molecule has 2 aromatic rings. The lowest BCUT2D eigenvalue weighted by Crippen LogP contribution is -2.17. The molecule has 1 aliphatic rings. The van der Waals surface area contributed by atoms with Crippen LogP contribution in [-0.2, 0) is 4.79 Å². The van der Waals surface area contributed by atoms with Crippen LogP contribution in [0.4, 0.5) is 17.1 Å². The van der Waals surface area contributed by atoms with Gasteiger partial charge in [-0.3, -0.25) is 4.79 Å². The number of anilines is 3. The van der Waals surface area contributed by atoms with Crippen LogP contribution >= 0.6 is 0 Å². The monoisotopic (exact) mass is 338 g/mol. The van der Waals surface area contributed by atoms with E-state index in [2.05, 4.69) is 10.6 Å². The topological polar surface area (TPSA) is 78.4 Å². The van der Waals surface area contributed by atoms with Crippen LogP contribution in [0.1, 0.15) is 48.5 Å². The Morgan fingerprint density at radius 3 is 2.44 bits per heavy atom. The van der Waals surface area contributed by atoms with Crippen LogP contribution in [0.25, 0.3) is 0 Å². The second-order valence-electron chi connectivity index (χ2n) is 6.73. The Morgan fingerprint density at radius 1 is 1.08 bits per heavy atom. The molecule has 2 aromatic carbocycles. The van der Waals surface area contributed by atoms with Crippen LogP contribution in [0.15, 0.2) is 42.5 Å². The first-order valence-electron chi connectivity index (χ1n) is 8.49. The molecule has 130 valence electrons. The van der Waals surface area contributed by atoms with Gasteiger partial charge in [0.25, 0.3) is 0 Å². The molecule has 3 N–H and O–H groups in total. The number of carbonyl (C=O) groups is 2. The predicted octanol–water partition coefficient (Wildman–Crippen LogP) is 4.60. The molecule has 0 radical (unpaired) electrons. The van der Waals surface area contributed by atoms with E-state index >= 15 is 0 Å². The number of carboxylic acids is 1. The van der Waals surface area contributed by atoms with E-state index in [0.29, 0.717) is 11.5 Å². The average molecular weight is 338 g/mol. The minimum Gasteiger partial charge on any atom is -0.478 e. The number of carboxylic acid groups (broad SMARTS) is 1. The zero-order valence-electron chi connectivity index (χ0n) is 14.4. The van der Waals surface area contributed by atoms with Gasteiger partial charge in [-0.25, -0.2) is 4.79 Å². The molecule has 5 nitrogen and oxygen atoms in total. The van der Waals surface area contributed by atoms with E-state index in [1.165, 1.54) is 0 Å². The molecule has 0 saturated heterocycles. The Labute approximate surface area is 147 Å². The molecule has 25 heavy (non-hydrogen) atoms. The molecule has 1 amide bonds. The Hall–Kier alpha value is -2.82. The number of nitrogens with one attached hydrogen (secondary N) is 2. The molecule has 0 unspecified atom stereocenters. The maximum Gasteiger partial charge on any atom is 0.335 e. The fourth-order valence-electron chi connectivity index (χ4n) is 2.66. The highest BCUT2D eigenvalue weighted by molar-refractivity contribution is 5.92. The molecule has 0 bridgehead atoms. The van der Waals surface area contributed by atoms with Gasteiger partial charge in [0.15, 0.2) is 0 Å². The van der Waals surface area contributed by atoms with Crippen LogP contribution in [0.3, 0.4) is 0 Å². The van der Waals surface area contributed by atoms with Crippen molar-refractivity contribution in [3.8, 4) is 0 Å². The van der Waals surface area contributed by atoms with Crippen molar-refractivity contribution in [1.82, 2.24) is 0 Å². The number of benzene rings is 2. The van der Waals surface area contributed by atoms with Crippen molar-refractivity contribution in [3.63, 3.8) is 0 Å². The zero-order chi connectivity index (χ0) is 18.0. The van der Waals surface area contributed by atoms with Gasteiger partial charge in [0.05, 0.1) is 5.56 Å². The van der Waals surface area contributed by atoms with E-state index in [0.717, 1.165) is 35.5 Å². The summed E-state index contributed by atoms with van der Waals surface area (Å²) < 4.78 is 0. The summed E-state index contributed by atoms with van der Waals surface area (Å²) >= 11 is 0. The van der Waals surface area contributed by atoms with Crippen molar-refractivity contribution in [2.75, 3.05) is 10.6 Å². The molecule has 3 rings (SSSR count). The van der Waals surface area contributed by atoms with Crippen LogP contribution < -0.4 is 10.6 Å². The van der Waals surface area contributed by atoms with Gasteiger partial charge in [0.2, 0.25) is 5.91 Å². The second kappa shape index (κ2) is 6.97. The fourth-order valence-corrected chi connectivity index (χ4v) is 2.66. The van der Waals surface area contributed by atoms with E-state index in [-0.39, 0.29) is 11.8 Å². The minimum absolute atomic E-state index is 0.0263. The fraction of sp³-hybridized carbons (Fsp3) is 0.300. The lowest BCUT2D eigenvalue weighted by Gasteiger charge is -2.14. The van der Waals surface area contributed by atoms with Crippen LogP contribution in [0.5, 0.6) is 0 Å². The van der Waals surface area contributed by atoms with Crippen LogP contribution in [0.2, 0.25) is 0 Å². The quantitative estimate of drug-likeness (QED) is 0.719. The predicted molar refractivity (Wildman–Crippen MR) is 98.6 cm³/mol. The Balaban J connectivity index is 1.83. The maximum atomic E-state index is 11.8. The summed E-state index contributed by atoms with van der Waals surface area (Å²) in [6, 6.07) is 12.7. The molecule has 0 aromatic heterocycles. The van der Waals surface area contributed by atoms with Gasteiger partial charge >= 0.3 is 5.97 Å². The number of amides is 1. The Kier molecular flexibility index (Phi) is 4.74. The van der Waals surface area contributed by atoms with Crippen molar-refractivity contribution in [1.29, 1.82) is 0 Å². The highest BCUT2D eigenvalue weighted by Crippen LogP contribution is 2.44. The van der Waals surface area contributed by atoms with Crippen molar-refractivity contribution in [2.45, 2.75) is 32.6 Å². The first kappa shape index (κ1) is 17.0. The van der Waals surface area contributed by atoms with E-state index in [9.17, 15) is 14.7 Å². The summed E-state index contributed by atoms with van der Waals surface area (Å²) in [6.45, 7) is 3.70. The SMILES string of the molecule is CC(C)C(=O)Nc1cccc(Nc2ccc(C(=O)O)cc2C2CC2)c1. The molecule has 1 fully saturated rings. The first-order chi connectivity index (χ1) is 11.9. The lowest BCUT2D eigenvalue weighted by atomic mass is 10.0. The van der Waals surface area contributed by atoms with E-state index < -0.39 is 5.97 Å². The Bertz CT molecular complexity index is 810. The van der Waals surface area contributed by atoms with Crippen molar-refractivity contribution in [3.05, 3.63) is 53.6 Å². The highest BCUT2D eigenvalue weighted by Gasteiger charge is 2.27. The number of rotatable bonds is 6. The summed E-state index contributed by atoms with van der Waals surface area (Å²) in [4.78, 5) is 23.1. The van der Waals surface area contributed by atoms with E-state index in [1.54, 1.807) is 12.1 Å². The minimum atomic E-state index is -0.910. The van der Waals surface area contributed by atoms with Gasteiger partial charge in [-0.15, -0.1) is 0 Å². The van der Waals surface area contributed by atoms with Crippen LogP contribution in [0, 0.1) is 5.92 Å². The molecule has 1 aliphatic carbocycles. The number of hydrogen-bond donors (Lipinski definition) is 3. The van der Waals surface area contributed by atoms with Crippen molar-refractivity contribution < 1.29 is 14.7 Å². The number of carbonyl (C=O) groups excluding carboxylic acids is 1. The third kappa shape index (κ3) is 4.18. The average Bonchev–Trinajstić information content (AvgIpc) is 3.40. The molecule has 5 heteroatoms. The van der Waals surface area contributed by atoms with E-state index in [1.807, 2.05) is 44.2 Å². The highest BCUT2D eigenvalue weighted by atomic mass is 16.4. The van der Waals surface area contributed by atoms with Gasteiger partial charge in [-0.2, -0.15) is 0 Å². The number of hydrogen-bond acceptors (Lipinski definition) is 3. The summed E-state index contributed by atoms with van der Waals surface area (Å²) in [5, 5.41) is 15.4. The van der Waals surface area contributed by atoms with Crippen molar-refractivity contribution >= 4 is 28.9 Å². The molecule has 1 saturated carbocycles. The summed E-state index contributed by atoms with van der Waals surface area (Å²) in [6.07, 6.45) is 2.17. The summed E-state index contributed by atoms with van der Waals surface area (Å²) in [7, 11) is 0. The molecular formula is C20H22N2O3. The molecule has 0 heterocycles. The molecule has 0 spiro atoms. The summed E-state index contributed by atoms with van der Waals surface area (Å²) in [5.74, 6) is -0.597. The standard InChI is InChI=1S/C20H22N2O3/c1-12(2)19(23)22-16-5-3-4-15(11-16)21-18-9-8-14(20(24)25)10-17(18)13-6-7-13/h3-5,8-13,21H,6-7H2,1-2H3,(H,22,23)(H,24,25). The molecular weight excluding hydrogens is 316 g/mol. The summed E-state index contributed by atoms with van der Waals surface area (Å²) in [5.41, 5.74) is 3.85. The number of aromatic carboxylic acids is 1. The first-order valence-corrected chi connectivity index (χ1v) is 8.49. The van der Waals surface area contributed by atoms with Crippen LogP contribution in [-0.4, -0.2) is 17.0 Å². The van der Waals surface area contributed by atoms with E-state index in [4.69, 9.17) is 0 Å². The maximum absolute atomic E-state index is 11.8. The van der Waals surface area contributed by atoms with Gasteiger partial charge in [-0.05, 0) is 60.7 Å². The zero-order valence-corrected chi connectivity index (χ0v) is 14.4. The van der Waals surface area contributed by atoms with Crippen molar-refractivity contribution in [2.24, 2.45) is 5.92 Å². The molecule has 0 atom stereocenters.